The lowest BCUT2D eigenvalue weighted by Crippen LogP contribution is -2.46. The van der Waals surface area contributed by atoms with E-state index in [1.807, 2.05) is 58.9 Å². The monoisotopic (exact) mass is 441 g/mol. The molecule has 7 nitrogen and oxygen atoms in total. The molecule has 2 heterocycles. The molecule has 2 fully saturated rings. The summed E-state index contributed by atoms with van der Waals surface area (Å²) in [6.45, 7) is 11.0. The third-order valence-electron chi connectivity index (χ3n) is 6.94. The Kier molecular flexibility index (Phi) is 5.99. The van der Waals surface area contributed by atoms with Crippen LogP contribution in [-0.4, -0.2) is 55.7 Å². The normalized spacial score (nSPS) is 26.1. The Labute approximate surface area is 189 Å². The molecule has 2 aromatic rings. The van der Waals surface area contributed by atoms with Crippen LogP contribution in [0.25, 0.3) is 10.9 Å². The van der Waals surface area contributed by atoms with E-state index in [1.165, 1.54) is 7.11 Å². The van der Waals surface area contributed by atoms with Crippen LogP contribution < -0.4 is 10.2 Å². The van der Waals surface area contributed by atoms with Crippen LogP contribution in [-0.2, 0) is 23.6 Å². The second-order valence-corrected chi connectivity index (χ2v) is 10.0. The predicted octanol–water partition coefficient (Wildman–Crippen LogP) is 3.27. The lowest BCUT2D eigenvalue weighted by molar-refractivity contribution is -0.168. The molecule has 0 amide bonds. The van der Waals surface area contributed by atoms with Crippen LogP contribution in [0.2, 0.25) is 0 Å². The van der Waals surface area contributed by atoms with Gasteiger partial charge in [-0.2, -0.15) is 0 Å². The first-order chi connectivity index (χ1) is 15.0. The summed E-state index contributed by atoms with van der Waals surface area (Å²) < 4.78 is 28.7. The van der Waals surface area contributed by atoms with Gasteiger partial charge < -0.3 is 23.5 Å². The van der Waals surface area contributed by atoms with Crippen LogP contribution in [0.5, 0.6) is 5.75 Å². The Hall–Kier alpha value is -2.16. The fourth-order valence-electron chi connectivity index (χ4n) is 4.17. The van der Waals surface area contributed by atoms with Gasteiger partial charge in [0.2, 0.25) is 0 Å². The van der Waals surface area contributed by atoms with Gasteiger partial charge >= 0.3 is 13.1 Å². The van der Waals surface area contributed by atoms with E-state index in [-0.39, 0.29) is 23.3 Å². The second kappa shape index (κ2) is 8.32. The topological polar surface area (TPSA) is 76.1 Å². The average Bonchev–Trinajstić information content (AvgIpc) is 2.95. The molecule has 4 rings (SSSR count). The van der Waals surface area contributed by atoms with Gasteiger partial charge in [-0.25, -0.2) is 0 Å². The van der Waals surface area contributed by atoms with Gasteiger partial charge in [-0.3, -0.25) is 9.78 Å². The molecule has 1 saturated carbocycles. The number of aromatic nitrogens is 1. The van der Waals surface area contributed by atoms with Crippen molar-refractivity contribution in [3.8, 4) is 5.75 Å². The standard InChI is InChI=1S/C24H32BNO6/c1-22(2)23(3,4)32-25(31-22)17-11-16-7-8-18(12-20(16)26-15-17)29-9-10-30-19-13-24(5,14-19)21(27)28-6/h7-8,11-12,15,19H,9-10,13-14H2,1-6H3. The average molecular weight is 441 g/mol. The number of hydrogen-bond donors (Lipinski definition) is 0. The molecular weight excluding hydrogens is 409 g/mol. The highest BCUT2D eigenvalue weighted by Crippen LogP contribution is 2.43. The fraction of sp³-hybridized carbons (Fsp3) is 0.583. The molecule has 32 heavy (non-hydrogen) atoms. The number of esters is 1. The Balaban J connectivity index is 1.29. The van der Waals surface area contributed by atoms with Crippen molar-refractivity contribution in [3.63, 3.8) is 0 Å². The maximum atomic E-state index is 11.7. The van der Waals surface area contributed by atoms with Crippen LogP contribution >= 0.6 is 0 Å². The maximum Gasteiger partial charge on any atom is 0.496 e. The minimum Gasteiger partial charge on any atom is -0.491 e. The first-order valence-electron chi connectivity index (χ1n) is 11.1. The van der Waals surface area contributed by atoms with E-state index in [4.69, 9.17) is 23.5 Å². The van der Waals surface area contributed by atoms with Crippen molar-refractivity contribution in [2.45, 2.75) is 64.8 Å². The smallest absolute Gasteiger partial charge is 0.491 e. The minimum absolute atomic E-state index is 0.0781. The van der Waals surface area contributed by atoms with Crippen LogP contribution in [0.3, 0.4) is 0 Å². The number of ether oxygens (including phenoxy) is 3. The summed E-state index contributed by atoms with van der Waals surface area (Å²) in [5.74, 6) is 0.573. The summed E-state index contributed by atoms with van der Waals surface area (Å²) in [6, 6.07) is 7.88. The molecule has 0 bridgehead atoms. The number of pyridine rings is 1. The van der Waals surface area contributed by atoms with Gasteiger partial charge in [-0.1, -0.05) is 6.07 Å². The van der Waals surface area contributed by atoms with Crippen molar-refractivity contribution in [2.75, 3.05) is 20.3 Å². The molecule has 1 aliphatic carbocycles. The zero-order valence-electron chi connectivity index (χ0n) is 19.8. The molecule has 0 atom stereocenters. The summed E-state index contributed by atoms with van der Waals surface area (Å²) in [5, 5.41) is 0.998. The number of carbonyl (C=O) groups is 1. The highest BCUT2D eigenvalue weighted by atomic mass is 16.7. The first kappa shape index (κ1) is 23.0. The highest BCUT2D eigenvalue weighted by Gasteiger charge is 2.52. The lowest BCUT2D eigenvalue weighted by Gasteiger charge is -2.42. The summed E-state index contributed by atoms with van der Waals surface area (Å²) in [6.07, 6.45) is 3.25. The quantitative estimate of drug-likeness (QED) is 0.371. The van der Waals surface area contributed by atoms with Gasteiger partial charge in [0.1, 0.15) is 12.4 Å². The van der Waals surface area contributed by atoms with Crippen LogP contribution in [0.4, 0.5) is 0 Å². The molecule has 1 saturated heterocycles. The molecule has 172 valence electrons. The molecule has 1 aromatic carbocycles. The van der Waals surface area contributed by atoms with Crippen molar-refractivity contribution in [1.82, 2.24) is 4.98 Å². The zero-order valence-corrected chi connectivity index (χ0v) is 19.8. The largest absolute Gasteiger partial charge is 0.496 e. The van der Waals surface area contributed by atoms with Crippen LogP contribution in [0.15, 0.2) is 30.5 Å². The Morgan fingerprint density at radius 2 is 1.78 bits per heavy atom. The Morgan fingerprint density at radius 3 is 2.44 bits per heavy atom. The number of carbonyl (C=O) groups excluding carboxylic acids is 1. The van der Waals surface area contributed by atoms with Gasteiger partial charge in [-0.15, -0.1) is 0 Å². The van der Waals surface area contributed by atoms with Crippen molar-refractivity contribution < 1.29 is 28.3 Å². The van der Waals surface area contributed by atoms with Crippen molar-refractivity contribution in [2.24, 2.45) is 5.41 Å². The van der Waals surface area contributed by atoms with E-state index in [9.17, 15) is 4.79 Å². The fourth-order valence-corrected chi connectivity index (χ4v) is 4.17. The second-order valence-electron chi connectivity index (χ2n) is 10.0. The summed E-state index contributed by atoms with van der Waals surface area (Å²) in [4.78, 5) is 16.3. The Morgan fingerprint density at radius 1 is 1.09 bits per heavy atom. The van der Waals surface area contributed by atoms with Gasteiger partial charge in [0.15, 0.2) is 0 Å². The Bertz CT molecular complexity index is 985. The molecular formula is C24H32BNO6. The summed E-state index contributed by atoms with van der Waals surface area (Å²) in [7, 11) is 0.990. The number of benzene rings is 1. The van der Waals surface area contributed by atoms with E-state index in [0.717, 1.165) is 22.1 Å². The SMILES string of the molecule is COC(=O)C1(C)CC(OCCOc2ccc3cc(B4OC(C)(C)C(C)(C)O4)cnc3c2)C1. The number of hydrogen-bond acceptors (Lipinski definition) is 7. The van der Waals surface area contributed by atoms with Gasteiger partial charge in [0.05, 0.1) is 42.0 Å². The van der Waals surface area contributed by atoms with Crippen molar-refractivity contribution >= 4 is 29.5 Å². The minimum atomic E-state index is -0.433. The zero-order chi connectivity index (χ0) is 23.1. The predicted molar refractivity (Wildman–Crippen MR) is 122 cm³/mol. The van der Waals surface area contributed by atoms with Gasteiger partial charge in [0, 0.05) is 23.1 Å². The summed E-state index contributed by atoms with van der Waals surface area (Å²) >= 11 is 0. The summed E-state index contributed by atoms with van der Waals surface area (Å²) in [5.41, 5.74) is 0.561. The van der Waals surface area contributed by atoms with Crippen LogP contribution in [0.1, 0.15) is 47.5 Å². The van der Waals surface area contributed by atoms with E-state index in [1.54, 1.807) is 6.20 Å². The van der Waals surface area contributed by atoms with E-state index in [2.05, 4.69) is 4.98 Å². The molecule has 8 heteroatoms. The van der Waals surface area contributed by atoms with E-state index < -0.39 is 12.5 Å². The number of methoxy groups -OCH3 is 1. The van der Waals surface area contributed by atoms with E-state index in [0.29, 0.717) is 26.1 Å². The first-order valence-corrected chi connectivity index (χ1v) is 11.1. The molecule has 0 unspecified atom stereocenters. The molecule has 1 aliphatic heterocycles. The maximum absolute atomic E-state index is 11.7. The molecule has 0 spiro atoms. The van der Waals surface area contributed by atoms with Crippen LogP contribution in [0, 0.1) is 5.41 Å². The van der Waals surface area contributed by atoms with Crippen molar-refractivity contribution in [1.29, 1.82) is 0 Å². The van der Waals surface area contributed by atoms with E-state index >= 15 is 0 Å². The number of nitrogens with zero attached hydrogens (tertiary/aromatic N) is 1. The molecule has 0 radical (unpaired) electrons. The van der Waals surface area contributed by atoms with Gasteiger partial charge in [-0.05, 0) is 59.6 Å². The van der Waals surface area contributed by atoms with Gasteiger partial charge in [0.25, 0.3) is 0 Å². The molecule has 2 aliphatic rings. The molecule has 1 aromatic heterocycles. The third kappa shape index (κ3) is 4.36. The van der Waals surface area contributed by atoms with Crippen molar-refractivity contribution in [3.05, 3.63) is 30.5 Å². The highest BCUT2D eigenvalue weighted by molar-refractivity contribution is 6.62. The molecule has 0 N–H and O–H groups in total. The third-order valence-corrected chi connectivity index (χ3v) is 6.94. The number of rotatable bonds is 7. The lowest BCUT2D eigenvalue weighted by atomic mass is 9.68. The number of fused-ring (bicyclic) bond motifs is 1.